The van der Waals surface area contributed by atoms with Gasteiger partial charge in [-0.2, -0.15) is 13.2 Å². The van der Waals surface area contributed by atoms with Gasteiger partial charge in [0, 0.05) is 0 Å². The second kappa shape index (κ2) is 8.45. The van der Waals surface area contributed by atoms with Gasteiger partial charge < -0.3 is 5.11 Å². The Morgan fingerprint density at radius 1 is 1.03 bits per heavy atom. The molecule has 0 bridgehead atoms. The molecule has 0 fully saturated rings. The Hall–Kier alpha value is -1.91. The number of anilines is 1. The van der Waals surface area contributed by atoms with Crippen molar-refractivity contribution in [3.8, 4) is 0 Å². The summed E-state index contributed by atoms with van der Waals surface area (Å²) in [6, 6.07) is 7.02. The van der Waals surface area contributed by atoms with Crippen LogP contribution in [0.25, 0.3) is 0 Å². The number of alkyl halides is 5. The van der Waals surface area contributed by atoms with Crippen molar-refractivity contribution < 1.29 is 35.5 Å². The highest BCUT2D eigenvalue weighted by Crippen LogP contribution is 2.39. The van der Waals surface area contributed by atoms with E-state index in [1.807, 2.05) is 0 Å². The molecule has 0 radical (unpaired) electrons. The third kappa shape index (κ3) is 4.49. The van der Waals surface area contributed by atoms with Crippen LogP contribution in [-0.4, -0.2) is 39.1 Å². The van der Waals surface area contributed by atoms with Gasteiger partial charge in [-0.3, -0.25) is 4.31 Å². The van der Waals surface area contributed by atoms with Crippen LogP contribution in [0.1, 0.15) is 12.5 Å². The minimum Gasteiger partial charge on any atom is -0.376 e. The summed E-state index contributed by atoms with van der Waals surface area (Å²) in [5.41, 5.74) is -4.05. The summed E-state index contributed by atoms with van der Waals surface area (Å²) in [4.78, 5) is -0.417. The van der Waals surface area contributed by atoms with E-state index in [0.717, 1.165) is 30.3 Å². The summed E-state index contributed by atoms with van der Waals surface area (Å²) in [6.07, 6.45) is -4.99. The van der Waals surface area contributed by atoms with Crippen molar-refractivity contribution in [3.63, 3.8) is 0 Å². The molecule has 160 valence electrons. The minimum atomic E-state index is -4.99. The number of aliphatic hydroxyl groups is 1. The Morgan fingerprint density at radius 2 is 1.55 bits per heavy atom. The number of rotatable bonds is 7. The fourth-order valence-corrected chi connectivity index (χ4v) is 4.68. The first-order valence-electron chi connectivity index (χ1n) is 8.18. The van der Waals surface area contributed by atoms with Crippen LogP contribution in [-0.2, 0) is 15.6 Å². The van der Waals surface area contributed by atoms with Crippen molar-refractivity contribution in [1.29, 1.82) is 0 Å². The van der Waals surface area contributed by atoms with Crippen LogP contribution in [0, 0.1) is 0 Å². The van der Waals surface area contributed by atoms with Gasteiger partial charge in [0.1, 0.15) is 24.3 Å². The lowest BCUT2D eigenvalue weighted by Crippen LogP contribution is -2.43. The standard InChI is InChI=1S/C18H17ClF5NO3S/c1-17(26,18(22,23)24)12-6-8-13(9-7-12)25(14(10-20)11-21)29(27,28)16-5-3-2-4-15(16)19/h2-9,14,26H,10-11H2,1H3. The number of sulfonamides is 1. The molecule has 4 nitrogen and oxygen atoms in total. The van der Waals surface area contributed by atoms with Gasteiger partial charge in [-0.1, -0.05) is 35.9 Å². The molecule has 0 amide bonds. The zero-order valence-corrected chi connectivity index (χ0v) is 16.6. The van der Waals surface area contributed by atoms with Crippen molar-refractivity contribution >= 4 is 27.3 Å². The van der Waals surface area contributed by atoms with Gasteiger partial charge in [-0.05, 0) is 36.8 Å². The Bertz CT molecular complexity index is 945. The fraction of sp³-hybridized carbons (Fsp3) is 0.333. The topological polar surface area (TPSA) is 57.6 Å². The highest BCUT2D eigenvalue weighted by Gasteiger charge is 2.51. The SMILES string of the molecule is CC(O)(c1ccc(N(C(CF)CF)S(=O)(=O)c2ccccc2Cl)cc1)C(F)(F)F. The van der Waals surface area contributed by atoms with Crippen LogP contribution in [0.2, 0.25) is 5.02 Å². The second-order valence-corrected chi connectivity index (χ2v) is 8.50. The molecule has 1 atom stereocenters. The van der Waals surface area contributed by atoms with Gasteiger partial charge in [0.05, 0.1) is 10.7 Å². The quantitative estimate of drug-likeness (QED) is 0.618. The highest BCUT2D eigenvalue weighted by molar-refractivity contribution is 7.93. The van der Waals surface area contributed by atoms with Crippen LogP contribution in [0.15, 0.2) is 53.4 Å². The maximum Gasteiger partial charge on any atom is 0.421 e. The van der Waals surface area contributed by atoms with Crippen molar-refractivity contribution in [2.75, 3.05) is 17.7 Å². The summed E-state index contributed by atoms with van der Waals surface area (Å²) in [6.45, 7) is -2.24. The molecule has 0 spiro atoms. The maximum absolute atomic E-state index is 13.4. The second-order valence-electron chi connectivity index (χ2n) is 6.31. The summed E-state index contributed by atoms with van der Waals surface area (Å²) in [5.74, 6) is 0. The molecule has 29 heavy (non-hydrogen) atoms. The van der Waals surface area contributed by atoms with Gasteiger partial charge in [0.15, 0.2) is 5.60 Å². The number of halogens is 6. The van der Waals surface area contributed by atoms with Crippen LogP contribution >= 0.6 is 11.6 Å². The number of hydrogen-bond acceptors (Lipinski definition) is 3. The number of nitrogens with zero attached hydrogens (tertiary/aromatic N) is 1. The minimum absolute atomic E-state index is 0.189. The summed E-state index contributed by atoms with van der Waals surface area (Å²) in [5, 5.41) is 9.54. The number of hydrogen-bond donors (Lipinski definition) is 1. The molecule has 1 N–H and O–H groups in total. The molecule has 0 saturated carbocycles. The van der Waals surface area contributed by atoms with E-state index in [-0.39, 0.29) is 10.7 Å². The molecule has 0 aliphatic carbocycles. The third-order valence-corrected chi connectivity index (χ3v) is 6.68. The van der Waals surface area contributed by atoms with Gasteiger partial charge >= 0.3 is 6.18 Å². The Kier molecular flexibility index (Phi) is 6.81. The Morgan fingerprint density at radius 3 is 2.00 bits per heavy atom. The van der Waals surface area contributed by atoms with E-state index in [9.17, 15) is 35.5 Å². The van der Waals surface area contributed by atoms with Crippen LogP contribution in [0.5, 0.6) is 0 Å². The third-order valence-electron chi connectivity index (χ3n) is 4.30. The van der Waals surface area contributed by atoms with Crippen molar-refractivity contribution in [2.45, 2.75) is 29.6 Å². The molecule has 2 aromatic carbocycles. The van der Waals surface area contributed by atoms with Gasteiger partial charge in [-0.25, -0.2) is 17.2 Å². The maximum atomic E-state index is 13.4. The Labute approximate surface area is 169 Å². The molecule has 1 unspecified atom stereocenters. The molecule has 11 heteroatoms. The molecule has 0 aromatic heterocycles. The first kappa shape index (κ1) is 23.4. The van der Waals surface area contributed by atoms with E-state index in [2.05, 4.69) is 0 Å². The largest absolute Gasteiger partial charge is 0.421 e. The van der Waals surface area contributed by atoms with Gasteiger partial charge in [-0.15, -0.1) is 0 Å². The molecular weight excluding hydrogens is 441 g/mol. The number of benzene rings is 2. The van der Waals surface area contributed by atoms with E-state index in [1.54, 1.807) is 0 Å². The molecule has 2 rings (SSSR count). The lowest BCUT2D eigenvalue weighted by atomic mass is 9.95. The molecule has 0 aliphatic heterocycles. The van der Waals surface area contributed by atoms with E-state index in [4.69, 9.17) is 11.6 Å². The van der Waals surface area contributed by atoms with E-state index >= 15 is 0 Å². The normalized spacial score (nSPS) is 14.7. The van der Waals surface area contributed by atoms with Gasteiger partial charge in [0.2, 0.25) is 0 Å². The zero-order chi connectivity index (χ0) is 22.0. The van der Waals surface area contributed by atoms with E-state index < -0.39 is 51.7 Å². The predicted octanol–water partition coefficient (Wildman–Crippen LogP) is 4.61. The van der Waals surface area contributed by atoms with Crippen LogP contribution in [0.4, 0.5) is 27.6 Å². The first-order valence-corrected chi connectivity index (χ1v) is 10.00. The summed E-state index contributed by atoms with van der Waals surface area (Å²) < 4.78 is 92.3. The lowest BCUT2D eigenvalue weighted by molar-refractivity contribution is -0.258. The van der Waals surface area contributed by atoms with Crippen LogP contribution in [0.3, 0.4) is 0 Å². The van der Waals surface area contributed by atoms with E-state index in [1.165, 1.54) is 18.2 Å². The molecular formula is C18H17ClF5NO3S. The first-order chi connectivity index (χ1) is 13.4. The van der Waals surface area contributed by atoms with Gasteiger partial charge in [0.25, 0.3) is 10.0 Å². The van der Waals surface area contributed by atoms with Crippen molar-refractivity contribution in [3.05, 3.63) is 59.1 Å². The fourth-order valence-electron chi connectivity index (χ4n) is 2.57. The van der Waals surface area contributed by atoms with Crippen molar-refractivity contribution in [2.24, 2.45) is 0 Å². The van der Waals surface area contributed by atoms with Crippen molar-refractivity contribution in [1.82, 2.24) is 0 Å². The Balaban J connectivity index is 2.59. The lowest BCUT2D eigenvalue weighted by Gasteiger charge is -2.31. The monoisotopic (exact) mass is 457 g/mol. The molecule has 0 aliphatic rings. The summed E-state index contributed by atoms with van der Waals surface area (Å²) >= 11 is 5.92. The average molecular weight is 458 g/mol. The average Bonchev–Trinajstić information content (AvgIpc) is 2.65. The summed E-state index contributed by atoms with van der Waals surface area (Å²) in [7, 11) is -4.55. The van der Waals surface area contributed by atoms with E-state index in [0.29, 0.717) is 11.2 Å². The predicted molar refractivity (Wildman–Crippen MR) is 98.9 cm³/mol. The molecule has 2 aromatic rings. The molecule has 0 heterocycles. The highest BCUT2D eigenvalue weighted by atomic mass is 35.5. The van der Waals surface area contributed by atoms with Crippen LogP contribution < -0.4 is 4.31 Å². The molecule has 0 saturated heterocycles. The zero-order valence-electron chi connectivity index (χ0n) is 15.0. The smallest absolute Gasteiger partial charge is 0.376 e.